The predicted molar refractivity (Wildman–Crippen MR) is 108 cm³/mol. The van der Waals surface area contributed by atoms with Crippen LogP contribution in [0.5, 0.6) is 0 Å². The number of Topliss-reactive ketones (excluding diaryl/α,β-unsaturated/α-hetero) is 1. The van der Waals surface area contributed by atoms with Gasteiger partial charge in [0.25, 0.3) is 11.8 Å². The van der Waals surface area contributed by atoms with E-state index in [0.717, 1.165) is 0 Å². The van der Waals surface area contributed by atoms with Crippen LogP contribution < -0.4 is 10.6 Å². The fourth-order valence-electron chi connectivity index (χ4n) is 3.15. The summed E-state index contributed by atoms with van der Waals surface area (Å²) in [6, 6.07) is 0. The summed E-state index contributed by atoms with van der Waals surface area (Å²) in [5, 5.41) is 5.25. The van der Waals surface area contributed by atoms with E-state index in [1.165, 1.54) is 6.20 Å². The summed E-state index contributed by atoms with van der Waals surface area (Å²) in [6.45, 7) is 6.39. The number of amides is 2. The standard InChI is InChI=1S/C21H29N3O6/c1-5-16(25)7-6-10-22-19(26)9-8-15-12-24(14(2)23-21(15)27)20-11-17(29-4)18(30-20)13-28-3/h12,17-18,20H,2,5-7,10-11,13H2,1,3-4H3,(H,22,26)(H,23,27)/t17?,18-,20-/m1/s1. The quantitative estimate of drug-likeness (QED) is 0.412. The zero-order valence-electron chi connectivity index (χ0n) is 17.7. The zero-order valence-corrected chi connectivity index (χ0v) is 17.7. The number of carbonyl (C=O) groups excluding carboxylic acids is 3. The fourth-order valence-corrected chi connectivity index (χ4v) is 3.15. The third-order valence-corrected chi connectivity index (χ3v) is 4.83. The summed E-state index contributed by atoms with van der Waals surface area (Å²) in [5.41, 5.74) is 0.117. The van der Waals surface area contributed by atoms with Crippen molar-refractivity contribution in [2.24, 2.45) is 0 Å². The summed E-state index contributed by atoms with van der Waals surface area (Å²) < 4.78 is 16.6. The molecule has 2 heterocycles. The molecule has 2 amide bonds. The van der Waals surface area contributed by atoms with E-state index >= 15 is 0 Å². The monoisotopic (exact) mass is 419 g/mol. The number of hydrogen-bond donors (Lipinski definition) is 2. The van der Waals surface area contributed by atoms with Crippen LogP contribution in [0, 0.1) is 11.8 Å². The third-order valence-electron chi connectivity index (χ3n) is 4.83. The molecule has 0 radical (unpaired) electrons. The highest BCUT2D eigenvalue weighted by molar-refractivity contribution is 6.02. The smallest absolute Gasteiger partial charge is 0.296 e. The van der Waals surface area contributed by atoms with Gasteiger partial charge in [-0.1, -0.05) is 13.5 Å². The van der Waals surface area contributed by atoms with Gasteiger partial charge in [0.15, 0.2) is 0 Å². The van der Waals surface area contributed by atoms with E-state index in [1.807, 2.05) is 0 Å². The van der Waals surface area contributed by atoms with Gasteiger partial charge in [-0.2, -0.15) is 0 Å². The lowest BCUT2D eigenvalue weighted by atomic mass is 10.1. The van der Waals surface area contributed by atoms with E-state index in [4.69, 9.17) is 14.2 Å². The fraction of sp³-hybridized carbons (Fsp3) is 0.571. The second kappa shape index (κ2) is 11.5. The Morgan fingerprint density at radius 3 is 2.87 bits per heavy atom. The van der Waals surface area contributed by atoms with E-state index in [1.54, 1.807) is 26.0 Å². The Balaban J connectivity index is 2.00. The van der Waals surface area contributed by atoms with Crippen molar-refractivity contribution in [2.75, 3.05) is 27.4 Å². The molecule has 30 heavy (non-hydrogen) atoms. The minimum Gasteiger partial charge on any atom is -0.382 e. The summed E-state index contributed by atoms with van der Waals surface area (Å²) in [5.74, 6) is 4.54. The van der Waals surface area contributed by atoms with Crippen LogP contribution in [0.1, 0.15) is 32.6 Å². The van der Waals surface area contributed by atoms with E-state index in [-0.39, 0.29) is 23.6 Å². The first-order valence-electron chi connectivity index (χ1n) is 9.88. The van der Waals surface area contributed by atoms with Crippen LogP contribution in [-0.4, -0.2) is 68.3 Å². The molecular formula is C21H29N3O6. The van der Waals surface area contributed by atoms with Gasteiger partial charge in [0.05, 0.1) is 12.7 Å². The Kier molecular flexibility index (Phi) is 9.05. The lowest BCUT2D eigenvalue weighted by molar-refractivity contribution is -0.119. The van der Waals surface area contributed by atoms with Crippen molar-refractivity contribution >= 4 is 17.6 Å². The van der Waals surface area contributed by atoms with Gasteiger partial charge in [-0.15, -0.1) is 0 Å². The van der Waals surface area contributed by atoms with Gasteiger partial charge in [-0.3, -0.25) is 14.4 Å². The summed E-state index contributed by atoms with van der Waals surface area (Å²) in [7, 11) is 3.19. The molecular weight excluding hydrogens is 390 g/mol. The first kappa shape index (κ1) is 23.6. The Hall–Kier alpha value is -2.67. The number of hydrogen-bond acceptors (Lipinski definition) is 7. The molecule has 2 aliphatic heterocycles. The molecule has 9 nitrogen and oxygen atoms in total. The second-order valence-corrected chi connectivity index (χ2v) is 6.95. The SMILES string of the molecule is C=C1NC(=O)C(C#CC(=O)NCCCC(=O)CC)=CN1[C@H]1CC(OC)[C@@H](COC)O1. The van der Waals surface area contributed by atoms with Crippen molar-refractivity contribution in [3.63, 3.8) is 0 Å². The number of carbonyl (C=O) groups is 3. The van der Waals surface area contributed by atoms with Crippen molar-refractivity contribution in [1.29, 1.82) is 0 Å². The first-order chi connectivity index (χ1) is 14.4. The van der Waals surface area contributed by atoms with Crippen LogP contribution >= 0.6 is 0 Å². The molecule has 2 N–H and O–H groups in total. The maximum absolute atomic E-state index is 12.2. The molecule has 0 aromatic rings. The molecule has 0 aromatic carbocycles. The third kappa shape index (κ3) is 6.42. The van der Waals surface area contributed by atoms with E-state index < -0.39 is 18.0 Å². The molecule has 1 unspecified atom stereocenters. The predicted octanol–water partition coefficient (Wildman–Crippen LogP) is 0.429. The van der Waals surface area contributed by atoms with Gasteiger partial charge in [0.1, 0.15) is 29.5 Å². The maximum atomic E-state index is 12.2. The molecule has 164 valence electrons. The summed E-state index contributed by atoms with van der Waals surface area (Å²) in [4.78, 5) is 37.0. The molecule has 2 aliphatic rings. The van der Waals surface area contributed by atoms with E-state index in [0.29, 0.717) is 44.7 Å². The van der Waals surface area contributed by atoms with Gasteiger partial charge in [-0.05, 0) is 12.3 Å². The van der Waals surface area contributed by atoms with Crippen molar-refractivity contribution < 1.29 is 28.6 Å². The Morgan fingerprint density at radius 2 is 2.20 bits per heavy atom. The van der Waals surface area contributed by atoms with Crippen LogP contribution in [0.25, 0.3) is 0 Å². The molecule has 3 atom stereocenters. The minimum atomic E-state index is -0.514. The van der Waals surface area contributed by atoms with Gasteiger partial charge in [-0.25, -0.2) is 0 Å². The lowest BCUT2D eigenvalue weighted by Crippen LogP contribution is -2.43. The van der Waals surface area contributed by atoms with E-state index in [2.05, 4.69) is 29.1 Å². The Bertz CT molecular complexity index is 766. The zero-order chi connectivity index (χ0) is 22.1. The largest absolute Gasteiger partial charge is 0.382 e. The number of nitrogens with zero attached hydrogens (tertiary/aromatic N) is 1. The van der Waals surface area contributed by atoms with Gasteiger partial charge in [0, 0.05) is 52.1 Å². The molecule has 0 spiro atoms. The number of methoxy groups -OCH3 is 2. The molecule has 0 saturated carbocycles. The highest BCUT2D eigenvalue weighted by atomic mass is 16.6. The van der Waals surface area contributed by atoms with Crippen molar-refractivity contribution in [3.8, 4) is 11.8 Å². The first-order valence-corrected chi connectivity index (χ1v) is 9.88. The Morgan fingerprint density at radius 1 is 1.43 bits per heavy atom. The average molecular weight is 419 g/mol. The molecule has 1 saturated heterocycles. The molecule has 0 aliphatic carbocycles. The molecule has 2 rings (SSSR count). The van der Waals surface area contributed by atoms with Crippen LogP contribution in [0.2, 0.25) is 0 Å². The Labute approximate surface area is 176 Å². The van der Waals surface area contributed by atoms with E-state index in [9.17, 15) is 14.4 Å². The topological polar surface area (TPSA) is 106 Å². The van der Waals surface area contributed by atoms with Crippen LogP contribution in [0.15, 0.2) is 24.2 Å². The molecule has 0 bridgehead atoms. The molecule has 0 aromatic heterocycles. The van der Waals surface area contributed by atoms with Gasteiger partial charge < -0.3 is 29.7 Å². The van der Waals surface area contributed by atoms with Gasteiger partial charge >= 0.3 is 0 Å². The molecule has 9 heteroatoms. The highest BCUT2D eigenvalue weighted by Crippen LogP contribution is 2.29. The lowest BCUT2D eigenvalue weighted by Gasteiger charge is -2.32. The van der Waals surface area contributed by atoms with Crippen LogP contribution in [-0.2, 0) is 28.6 Å². The number of ketones is 1. The van der Waals surface area contributed by atoms with Crippen molar-refractivity contribution in [3.05, 3.63) is 24.2 Å². The summed E-state index contributed by atoms with van der Waals surface area (Å²) in [6.07, 6.45) is 2.71. The molecule has 1 fully saturated rings. The van der Waals surface area contributed by atoms with Gasteiger partial charge in [0.2, 0.25) is 0 Å². The van der Waals surface area contributed by atoms with Crippen LogP contribution in [0.3, 0.4) is 0 Å². The number of nitrogens with one attached hydrogen (secondary N) is 2. The number of ether oxygens (including phenoxy) is 3. The maximum Gasteiger partial charge on any atom is 0.296 e. The summed E-state index contributed by atoms with van der Waals surface area (Å²) >= 11 is 0. The number of rotatable bonds is 9. The normalized spacial score (nSPS) is 23.4. The second-order valence-electron chi connectivity index (χ2n) is 6.95. The van der Waals surface area contributed by atoms with Crippen molar-refractivity contribution in [1.82, 2.24) is 15.5 Å². The average Bonchev–Trinajstić information content (AvgIpc) is 3.13. The highest BCUT2D eigenvalue weighted by Gasteiger charge is 2.39. The van der Waals surface area contributed by atoms with Crippen LogP contribution in [0.4, 0.5) is 0 Å². The van der Waals surface area contributed by atoms with Crippen molar-refractivity contribution in [2.45, 2.75) is 51.0 Å². The minimum absolute atomic E-state index is 0.117.